The smallest absolute Gasteiger partial charge is 0.235 e. The minimum Gasteiger partial charge on any atom is -0.308 e. The van der Waals surface area contributed by atoms with Gasteiger partial charge in [0.15, 0.2) is 0 Å². The van der Waals surface area contributed by atoms with E-state index in [-0.39, 0.29) is 0 Å². The third-order valence-electron chi connectivity index (χ3n) is 10.8. The lowest BCUT2D eigenvalue weighted by molar-refractivity contribution is 1.01. The quantitative estimate of drug-likeness (QED) is 0.190. The van der Waals surface area contributed by atoms with Crippen LogP contribution >= 0.6 is 0 Å². The highest BCUT2D eigenvalue weighted by atomic mass is 15.2. The molecule has 0 unspecified atom stereocenters. The lowest BCUT2D eigenvalue weighted by Crippen LogP contribution is -2.03. The van der Waals surface area contributed by atoms with Crippen molar-refractivity contribution in [3.8, 4) is 17.2 Å². The van der Waals surface area contributed by atoms with Gasteiger partial charge in [-0.25, -0.2) is 9.97 Å². The highest BCUT2D eigenvalue weighted by molar-refractivity contribution is 6.37. The summed E-state index contributed by atoms with van der Waals surface area (Å²) in [7, 11) is 0. The maximum Gasteiger partial charge on any atom is 0.235 e. The van der Waals surface area contributed by atoms with Crippen molar-refractivity contribution in [1.29, 1.82) is 0 Å². The van der Waals surface area contributed by atoms with Gasteiger partial charge in [0.05, 0.1) is 38.8 Å². The Morgan fingerprint density at radius 1 is 0.380 bits per heavy atom. The standard InChI is InChI=1S/C46H26N4/c1-3-15-29-27(12-1)14-11-20-31(29)44-32-17-5-8-21-36(32)47-46(48-44)50-38-23-10-6-18-33(38)42-40(50)26-35-41-30-16-4-2-13-28(30)24-25-39(41)49-37-22-9-7-19-34(37)43(42)45(35)49/h1-26H. The molecule has 12 aromatic rings. The maximum absolute atomic E-state index is 5.50. The van der Waals surface area contributed by atoms with Gasteiger partial charge in [-0.15, -0.1) is 0 Å². The van der Waals surface area contributed by atoms with Gasteiger partial charge in [-0.2, -0.15) is 0 Å². The second-order valence-corrected chi connectivity index (χ2v) is 13.3. The van der Waals surface area contributed by atoms with Crippen LogP contribution in [0.1, 0.15) is 0 Å². The van der Waals surface area contributed by atoms with Gasteiger partial charge in [0.2, 0.25) is 5.95 Å². The first-order valence-corrected chi connectivity index (χ1v) is 17.1. The molecule has 8 aromatic carbocycles. The third-order valence-corrected chi connectivity index (χ3v) is 10.8. The fourth-order valence-corrected chi connectivity index (χ4v) is 8.80. The minimum atomic E-state index is 0.671. The molecule has 0 aliphatic heterocycles. The molecule has 0 atom stereocenters. The third kappa shape index (κ3) is 3.25. The van der Waals surface area contributed by atoms with Crippen molar-refractivity contribution in [2.24, 2.45) is 0 Å². The van der Waals surface area contributed by atoms with Gasteiger partial charge in [-0.1, -0.05) is 127 Å². The van der Waals surface area contributed by atoms with Gasteiger partial charge < -0.3 is 4.40 Å². The van der Waals surface area contributed by atoms with E-state index >= 15 is 0 Å². The van der Waals surface area contributed by atoms with Crippen molar-refractivity contribution >= 4 is 92.3 Å². The van der Waals surface area contributed by atoms with Crippen LogP contribution in [-0.2, 0) is 0 Å². The number of para-hydroxylation sites is 3. The molecule has 50 heavy (non-hydrogen) atoms. The summed E-state index contributed by atoms with van der Waals surface area (Å²) in [6, 6.07) is 56.8. The van der Waals surface area contributed by atoms with Crippen LogP contribution in [-0.4, -0.2) is 18.9 Å². The Morgan fingerprint density at radius 3 is 1.86 bits per heavy atom. The molecule has 0 bridgehead atoms. The molecule has 0 spiro atoms. The Labute approximate surface area is 285 Å². The van der Waals surface area contributed by atoms with Crippen LogP contribution in [0.15, 0.2) is 158 Å². The van der Waals surface area contributed by atoms with Crippen molar-refractivity contribution in [2.75, 3.05) is 0 Å². The van der Waals surface area contributed by atoms with E-state index in [1.165, 1.54) is 70.4 Å². The largest absolute Gasteiger partial charge is 0.308 e. The van der Waals surface area contributed by atoms with Crippen LogP contribution in [0.4, 0.5) is 0 Å². The summed E-state index contributed by atoms with van der Waals surface area (Å²) in [4.78, 5) is 10.8. The van der Waals surface area contributed by atoms with Crippen LogP contribution in [0.5, 0.6) is 0 Å². The highest BCUT2D eigenvalue weighted by Crippen LogP contribution is 2.48. The zero-order valence-corrected chi connectivity index (χ0v) is 26.8. The van der Waals surface area contributed by atoms with E-state index < -0.39 is 0 Å². The fourth-order valence-electron chi connectivity index (χ4n) is 8.80. The van der Waals surface area contributed by atoms with E-state index in [1.54, 1.807) is 0 Å². The molecule has 0 fully saturated rings. The summed E-state index contributed by atoms with van der Waals surface area (Å²) >= 11 is 0. The van der Waals surface area contributed by atoms with Crippen molar-refractivity contribution in [2.45, 2.75) is 0 Å². The molecule has 12 rings (SSSR count). The molecule has 0 radical (unpaired) electrons. The predicted octanol–water partition coefficient (Wildman–Crippen LogP) is 11.9. The van der Waals surface area contributed by atoms with Gasteiger partial charge >= 0.3 is 0 Å². The first-order chi connectivity index (χ1) is 24.8. The van der Waals surface area contributed by atoms with E-state index in [4.69, 9.17) is 9.97 Å². The van der Waals surface area contributed by atoms with Gasteiger partial charge in [0.1, 0.15) is 0 Å². The maximum atomic E-state index is 5.50. The molecule has 0 saturated heterocycles. The zero-order valence-electron chi connectivity index (χ0n) is 26.8. The average Bonchev–Trinajstić information content (AvgIpc) is 3.82. The predicted molar refractivity (Wildman–Crippen MR) is 209 cm³/mol. The van der Waals surface area contributed by atoms with Crippen molar-refractivity contribution in [1.82, 2.24) is 18.9 Å². The minimum absolute atomic E-state index is 0.671. The second-order valence-electron chi connectivity index (χ2n) is 13.3. The number of hydrogen-bond donors (Lipinski definition) is 0. The lowest BCUT2D eigenvalue weighted by atomic mass is 9.99. The average molecular weight is 635 g/mol. The van der Waals surface area contributed by atoms with Gasteiger partial charge in [-0.05, 0) is 51.9 Å². The van der Waals surface area contributed by atoms with E-state index in [0.717, 1.165) is 33.2 Å². The first-order valence-electron chi connectivity index (χ1n) is 17.1. The molecule has 4 heteroatoms. The molecular formula is C46H26N4. The fraction of sp³-hybridized carbons (Fsp3) is 0. The SMILES string of the molecule is c1ccc2c(-c3nc(-n4c5ccccc5c5c6c7ccccc7n7c8ccc9ccccc9c8c(cc54)c67)nc4ccccc34)cccc2c1. The molecule has 4 aromatic heterocycles. The summed E-state index contributed by atoms with van der Waals surface area (Å²) in [5.74, 6) is 0.671. The van der Waals surface area contributed by atoms with Crippen LogP contribution in [0, 0.1) is 0 Å². The van der Waals surface area contributed by atoms with E-state index in [1.807, 2.05) is 0 Å². The summed E-state index contributed by atoms with van der Waals surface area (Å²) < 4.78 is 4.79. The lowest BCUT2D eigenvalue weighted by Gasteiger charge is -2.13. The summed E-state index contributed by atoms with van der Waals surface area (Å²) in [5.41, 5.74) is 8.89. The summed E-state index contributed by atoms with van der Waals surface area (Å²) in [5, 5.41) is 13.4. The normalized spacial score (nSPS) is 12.4. The van der Waals surface area contributed by atoms with Crippen molar-refractivity contribution < 1.29 is 0 Å². The molecule has 4 heterocycles. The first kappa shape index (κ1) is 26.2. The number of hydrogen-bond acceptors (Lipinski definition) is 2. The molecule has 0 N–H and O–H groups in total. The highest BCUT2D eigenvalue weighted by Gasteiger charge is 2.26. The number of benzene rings is 8. The molecule has 0 aliphatic carbocycles. The Kier molecular flexibility index (Phi) is 4.94. The Hall–Kier alpha value is -6.78. The number of fused-ring (bicyclic) bond motifs is 14. The summed E-state index contributed by atoms with van der Waals surface area (Å²) in [6.45, 7) is 0. The number of rotatable bonds is 2. The van der Waals surface area contributed by atoms with Crippen LogP contribution < -0.4 is 0 Å². The Morgan fingerprint density at radius 2 is 1.02 bits per heavy atom. The van der Waals surface area contributed by atoms with Gasteiger partial charge in [0.25, 0.3) is 0 Å². The molecule has 4 nitrogen and oxygen atoms in total. The zero-order chi connectivity index (χ0) is 32.5. The van der Waals surface area contributed by atoms with E-state index in [0.29, 0.717) is 5.95 Å². The second kappa shape index (κ2) is 9.43. The Bertz CT molecular complexity index is 3380. The molecule has 230 valence electrons. The van der Waals surface area contributed by atoms with Crippen molar-refractivity contribution in [3.05, 3.63) is 158 Å². The monoisotopic (exact) mass is 634 g/mol. The Balaban J connectivity index is 1.31. The van der Waals surface area contributed by atoms with Crippen LogP contribution in [0.3, 0.4) is 0 Å². The van der Waals surface area contributed by atoms with Crippen LogP contribution in [0.25, 0.3) is 110 Å². The van der Waals surface area contributed by atoms with E-state index in [2.05, 4.69) is 167 Å². The van der Waals surface area contributed by atoms with E-state index in [9.17, 15) is 0 Å². The molecular weight excluding hydrogens is 609 g/mol. The van der Waals surface area contributed by atoms with Crippen molar-refractivity contribution in [3.63, 3.8) is 0 Å². The molecule has 0 aliphatic rings. The van der Waals surface area contributed by atoms with Gasteiger partial charge in [-0.3, -0.25) is 4.57 Å². The molecule has 0 amide bonds. The number of nitrogens with zero attached hydrogens (tertiary/aromatic N) is 4. The molecule has 0 saturated carbocycles. The number of aromatic nitrogens is 4. The summed E-state index contributed by atoms with van der Waals surface area (Å²) in [6.07, 6.45) is 0. The van der Waals surface area contributed by atoms with Crippen LogP contribution in [0.2, 0.25) is 0 Å². The van der Waals surface area contributed by atoms with Gasteiger partial charge in [0, 0.05) is 43.3 Å². The topological polar surface area (TPSA) is 35.1 Å².